The monoisotopic (exact) mass is 604 g/mol. The molecule has 0 unspecified atom stereocenters. The van der Waals surface area contributed by atoms with E-state index in [0.717, 1.165) is 43.2 Å². The number of carboxylic acid groups (broad SMARTS) is 1. The molecule has 0 atom stereocenters. The number of hydrogen-bond acceptors (Lipinski definition) is 5. The predicted octanol–water partition coefficient (Wildman–Crippen LogP) is 7.99. The molecule has 0 spiro atoms. The second kappa shape index (κ2) is 12.5. The van der Waals surface area contributed by atoms with E-state index < -0.39 is 43.9 Å². The third-order valence-electron chi connectivity index (χ3n) is 5.98. The van der Waals surface area contributed by atoms with Gasteiger partial charge in [-0.1, -0.05) is 24.9 Å². The van der Waals surface area contributed by atoms with E-state index in [1.807, 2.05) is 11.8 Å². The summed E-state index contributed by atoms with van der Waals surface area (Å²) in [7, 11) is -4.47. The van der Waals surface area contributed by atoms with Crippen molar-refractivity contribution in [2.75, 3.05) is 16.2 Å². The molecular weight excluding hydrogens is 581 g/mol. The van der Waals surface area contributed by atoms with E-state index >= 15 is 0 Å². The largest absolute Gasteiger partial charge is 0.478 e. The first-order chi connectivity index (χ1) is 19.5. The SMILES string of the molecule is CCCCN(c1ccc(Oc2ccc(NS(=O)(=O)c3ccc(Cl)cc3F)c(C(=O)O)c2)cc1)c1ccc(F)c(F)c1. The van der Waals surface area contributed by atoms with Crippen LogP contribution in [0.5, 0.6) is 11.5 Å². The van der Waals surface area contributed by atoms with E-state index in [-0.39, 0.29) is 16.5 Å². The number of hydrogen-bond donors (Lipinski definition) is 2. The molecule has 4 rings (SSSR count). The van der Waals surface area contributed by atoms with Crippen molar-refractivity contribution in [3.8, 4) is 11.5 Å². The van der Waals surface area contributed by atoms with Gasteiger partial charge < -0.3 is 14.7 Å². The number of halogens is 4. The maximum Gasteiger partial charge on any atom is 0.337 e. The molecule has 0 heterocycles. The summed E-state index contributed by atoms with van der Waals surface area (Å²) in [5, 5.41) is 9.69. The molecule has 0 amide bonds. The number of aromatic carboxylic acids is 1. The first kappa shape index (κ1) is 29.8. The average molecular weight is 605 g/mol. The molecule has 41 heavy (non-hydrogen) atoms. The molecule has 7 nitrogen and oxygen atoms in total. The van der Waals surface area contributed by atoms with Gasteiger partial charge in [-0.3, -0.25) is 4.72 Å². The Hall–Kier alpha value is -4.22. The number of rotatable bonds is 11. The standard InChI is InChI=1S/C29H24ClF3N2O5S/c1-2-3-14-35(20-7-11-24(31)25(32)16-20)19-5-8-21(9-6-19)40-22-10-12-27(23(17-22)29(36)37)34-41(38,39)28-13-4-18(30)15-26(28)33/h4-13,15-17,34H,2-3,14H2,1H3,(H,36,37). The van der Waals surface area contributed by atoms with Crippen LogP contribution in [0.3, 0.4) is 0 Å². The summed E-state index contributed by atoms with van der Waals surface area (Å²) >= 11 is 5.69. The van der Waals surface area contributed by atoms with Gasteiger partial charge in [0.1, 0.15) is 22.2 Å². The fourth-order valence-electron chi connectivity index (χ4n) is 3.95. The Morgan fingerprint density at radius 2 is 1.56 bits per heavy atom. The van der Waals surface area contributed by atoms with Crippen molar-refractivity contribution in [3.05, 3.63) is 107 Å². The highest BCUT2D eigenvalue weighted by Crippen LogP contribution is 2.32. The molecule has 214 valence electrons. The molecule has 0 fully saturated rings. The number of unbranched alkanes of at least 4 members (excludes halogenated alkanes) is 1. The second-order valence-corrected chi connectivity index (χ2v) is 11.0. The Morgan fingerprint density at radius 1 is 0.878 bits per heavy atom. The Bertz CT molecular complexity index is 1680. The second-order valence-electron chi connectivity index (χ2n) is 8.89. The molecule has 0 aliphatic rings. The zero-order valence-electron chi connectivity index (χ0n) is 21.6. The van der Waals surface area contributed by atoms with E-state index in [0.29, 0.717) is 23.7 Å². The number of carbonyl (C=O) groups is 1. The summed E-state index contributed by atoms with van der Waals surface area (Å²) in [6.45, 7) is 2.57. The third-order valence-corrected chi connectivity index (χ3v) is 7.62. The summed E-state index contributed by atoms with van der Waals surface area (Å²) in [5.41, 5.74) is 0.449. The van der Waals surface area contributed by atoms with Gasteiger partial charge in [-0.25, -0.2) is 26.4 Å². The zero-order chi connectivity index (χ0) is 29.7. The normalized spacial score (nSPS) is 11.2. The van der Waals surface area contributed by atoms with Crippen molar-refractivity contribution < 1.29 is 36.2 Å². The van der Waals surface area contributed by atoms with E-state index in [4.69, 9.17) is 16.3 Å². The van der Waals surface area contributed by atoms with Crippen molar-refractivity contribution in [1.29, 1.82) is 0 Å². The minimum Gasteiger partial charge on any atom is -0.478 e. The van der Waals surface area contributed by atoms with Gasteiger partial charge in [0.15, 0.2) is 11.6 Å². The van der Waals surface area contributed by atoms with Crippen LogP contribution in [0.4, 0.5) is 30.2 Å². The van der Waals surface area contributed by atoms with Gasteiger partial charge in [-0.2, -0.15) is 0 Å². The van der Waals surface area contributed by atoms with Crippen LogP contribution in [0.2, 0.25) is 5.02 Å². The van der Waals surface area contributed by atoms with Crippen LogP contribution in [0.15, 0.2) is 83.8 Å². The summed E-state index contributed by atoms with van der Waals surface area (Å²) in [6, 6.07) is 17.0. The maximum absolute atomic E-state index is 14.2. The maximum atomic E-state index is 14.2. The lowest BCUT2D eigenvalue weighted by atomic mass is 10.1. The number of anilines is 3. The zero-order valence-corrected chi connectivity index (χ0v) is 23.1. The van der Waals surface area contributed by atoms with Gasteiger partial charge >= 0.3 is 5.97 Å². The predicted molar refractivity (Wildman–Crippen MR) is 150 cm³/mol. The van der Waals surface area contributed by atoms with Crippen molar-refractivity contribution in [3.63, 3.8) is 0 Å². The minimum absolute atomic E-state index is 0.000213. The van der Waals surface area contributed by atoms with Crippen LogP contribution < -0.4 is 14.4 Å². The minimum atomic E-state index is -4.47. The number of ether oxygens (including phenoxy) is 1. The van der Waals surface area contributed by atoms with Crippen molar-refractivity contribution >= 4 is 44.7 Å². The van der Waals surface area contributed by atoms with Crippen molar-refractivity contribution in [2.45, 2.75) is 24.7 Å². The highest BCUT2D eigenvalue weighted by molar-refractivity contribution is 7.92. The fraction of sp³-hybridized carbons (Fsp3) is 0.138. The average Bonchev–Trinajstić information content (AvgIpc) is 2.92. The molecule has 2 N–H and O–H groups in total. The van der Waals surface area contributed by atoms with Crippen LogP contribution >= 0.6 is 11.6 Å². The van der Waals surface area contributed by atoms with Gasteiger partial charge in [-0.15, -0.1) is 0 Å². The highest BCUT2D eigenvalue weighted by atomic mass is 35.5. The molecule has 0 radical (unpaired) electrons. The van der Waals surface area contributed by atoms with Crippen LogP contribution in [-0.4, -0.2) is 26.0 Å². The molecular formula is C29H24ClF3N2O5S. The number of nitrogens with one attached hydrogen (secondary N) is 1. The Kier molecular flexibility index (Phi) is 9.09. The molecule has 0 saturated carbocycles. The third kappa shape index (κ3) is 7.11. The number of carboxylic acids is 1. The molecule has 0 saturated heterocycles. The van der Waals surface area contributed by atoms with E-state index in [2.05, 4.69) is 4.72 Å². The molecule has 4 aromatic rings. The smallest absolute Gasteiger partial charge is 0.337 e. The van der Waals surface area contributed by atoms with Gasteiger partial charge in [0.25, 0.3) is 10.0 Å². The van der Waals surface area contributed by atoms with Gasteiger partial charge in [-0.05, 0) is 79.2 Å². The lowest BCUT2D eigenvalue weighted by molar-refractivity contribution is 0.0697. The molecule has 0 aromatic heterocycles. The number of benzene rings is 4. The summed E-state index contributed by atoms with van der Waals surface area (Å²) in [4.78, 5) is 13.0. The lowest BCUT2D eigenvalue weighted by Crippen LogP contribution is -2.18. The molecule has 12 heteroatoms. The topological polar surface area (TPSA) is 95.9 Å². The van der Waals surface area contributed by atoms with E-state index in [9.17, 15) is 31.5 Å². The highest BCUT2D eigenvalue weighted by Gasteiger charge is 2.23. The summed E-state index contributed by atoms with van der Waals surface area (Å²) in [6.07, 6.45) is 1.68. The van der Waals surface area contributed by atoms with Crippen LogP contribution in [-0.2, 0) is 10.0 Å². The van der Waals surface area contributed by atoms with Crippen molar-refractivity contribution in [2.24, 2.45) is 0 Å². The first-order valence-corrected chi connectivity index (χ1v) is 14.2. The number of nitrogens with zero attached hydrogens (tertiary/aromatic N) is 1. The number of sulfonamides is 1. The first-order valence-electron chi connectivity index (χ1n) is 12.3. The van der Waals surface area contributed by atoms with Crippen LogP contribution in [0, 0.1) is 17.5 Å². The van der Waals surface area contributed by atoms with Crippen LogP contribution in [0.25, 0.3) is 0 Å². The molecule has 0 aliphatic heterocycles. The van der Waals surface area contributed by atoms with E-state index in [1.54, 1.807) is 24.3 Å². The Balaban J connectivity index is 1.56. The van der Waals surface area contributed by atoms with E-state index in [1.165, 1.54) is 24.3 Å². The van der Waals surface area contributed by atoms with Gasteiger partial charge in [0.05, 0.1) is 11.3 Å². The lowest BCUT2D eigenvalue weighted by Gasteiger charge is -2.25. The molecule has 4 aromatic carbocycles. The van der Waals surface area contributed by atoms with Crippen molar-refractivity contribution in [1.82, 2.24) is 0 Å². The van der Waals surface area contributed by atoms with Crippen LogP contribution in [0.1, 0.15) is 30.1 Å². The fourth-order valence-corrected chi connectivity index (χ4v) is 5.25. The summed E-state index contributed by atoms with van der Waals surface area (Å²) < 4.78 is 74.9. The Labute approximate surface area is 239 Å². The molecule has 0 bridgehead atoms. The molecule has 0 aliphatic carbocycles. The summed E-state index contributed by atoms with van der Waals surface area (Å²) in [5.74, 6) is -4.00. The van der Waals surface area contributed by atoms with Gasteiger partial charge in [0, 0.05) is 29.0 Å². The quantitative estimate of drug-likeness (QED) is 0.180. The van der Waals surface area contributed by atoms with Gasteiger partial charge in [0.2, 0.25) is 0 Å². The Morgan fingerprint density at radius 3 is 2.20 bits per heavy atom.